The van der Waals surface area contributed by atoms with E-state index in [0.717, 1.165) is 11.1 Å². The Balaban J connectivity index is 1.96. The lowest BCUT2D eigenvalue weighted by atomic mass is 9.76. The van der Waals surface area contributed by atoms with E-state index in [1.807, 2.05) is 54.6 Å². The van der Waals surface area contributed by atoms with Crippen molar-refractivity contribution in [1.82, 2.24) is 5.32 Å². The number of rotatable bonds is 6. The van der Waals surface area contributed by atoms with E-state index in [-0.39, 0.29) is 12.5 Å². The van der Waals surface area contributed by atoms with E-state index in [1.165, 1.54) is 0 Å². The molecule has 2 aromatic carbocycles. The van der Waals surface area contributed by atoms with Gasteiger partial charge >= 0.3 is 0 Å². The van der Waals surface area contributed by atoms with Crippen molar-refractivity contribution in [3.05, 3.63) is 90.0 Å². The quantitative estimate of drug-likeness (QED) is 0.840. The van der Waals surface area contributed by atoms with Gasteiger partial charge in [-0.15, -0.1) is 0 Å². The van der Waals surface area contributed by atoms with Gasteiger partial charge in [0.25, 0.3) is 5.91 Å². The first-order valence-corrected chi connectivity index (χ1v) is 8.66. The molecule has 3 heteroatoms. The number of aliphatic hydroxyl groups is 1. The average molecular weight is 333 g/mol. The number of benzene rings is 2. The normalized spacial score (nSPS) is 19.3. The van der Waals surface area contributed by atoms with Crippen molar-refractivity contribution in [1.29, 1.82) is 0 Å². The predicted octanol–water partition coefficient (Wildman–Crippen LogP) is 3.97. The van der Waals surface area contributed by atoms with Gasteiger partial charge in [-0.25, -0.2) is 0 Å². The molecule has 0 aromatic heterocycles. The molecular weight excluding hydrogens is 310 g/mol. The van der Waals surface area contributed by atoms with Crippen molar-refractivity contribution in [2.24, 2.45) is 0 Å². The molecular formula is C22H23NO2. The lowest BCUT2D eigenvalue weighted by Gasteiger charge is -2.38. The van der Waals surface area contributed by atoms with Gasteiger partial charge in [-0.2, -0.15) is 0 Å². The first kappa shape index (κ1) is 17.2. The molecule has 1 aliphatic carbocycles. The lowest BCUT2D eigenvalue weighted by Crippen LogP contribution is -2.50. The zero-order valence-electron chi connectivity index (χ0n) is 14.2. The number of carbonyl (C=O) groups is 1. The second kappa shape index (κ2) is 7.95. The maximum atomic E-state index is 12.8. The highest BCUT2D eigenvalue weighted by molar-refractivity contribution is 5.96. The van der Waals surface area contributed by atoms with Crippen LogP contribution in [0, 0.1) is 0 Å². The van der Waals surface area contributed by atoms with E-state index < -0.39 is 5.54 Å². The van der Waals surface area contributed by atoms with Crippen LogP contribution in [0.4, 0.5) is 0 Å². The molecule has 0 saturated heterocycles. The standard InChI is InChI=1S/C22H23NO2/c24-17-9-16-22(23-21(25)19-12-5-2-6-13-19)15-8-7-14-20(22)18-10-3-1-4-11-18/h1-8,10-14,24H,9,15-17H2,(H,23,25)/t22-/m0/s1. The summed E-state index contributed by atoms with van der Waals surface area (Å²) in [5.74, 6) is -0.0873. The zero-order valence-corrected chi connectivity index (χ0v) is 14.2. The van der Waals surface area contributed by atoms with Crippen LogP contribution < -0.4 is 5.32 Å². The van der Waals surface area contributed by atoms with E-state index in [0.29, 0.717) is 24.8 Å². The van der Waals surface area contributed by atoms with Gasteiger partial charge in [0.2, 0.25) is 0 Å². The molecule has 0 spiro atoms. The van der Waals surface area contributed by atoms with Gasteiger partial charge in [-0.05, 0) is 42.5 Å². The number of hydrogen-bond acceptors (Lipinski definition) is 2. The molecule has 2 aromatic rings. The van der Waals surface area contributed by atoms with Crippen molar-refractivity contribution < 1.29 is 9.90 Å². The van der Waals surface area contributed by atoms with Crippen LogP contribution in [0.3, 0.4) is 0 Å². The second-order valence-corrected chi connectivity index (χ2v) is 6.31. The molecule has 0 aliphatic heterocycles. The molecule has 3 rings (SSSR count). The third-order valence-corrected chi connectivity index (χ3v) is 4.62. The summed E-state index contributed by atoms with van der Waals surface area (Å²) in [6, 6.07) is 19.4. The largest absolute Gasteiger partial charge is 0.396 e. The summed E-state index contributed by atoms with van der Waals surface area (Å²) in [4.78, 5) is 12.8. The molecule has 0 bridgehead atoms. The molecule has 25 heavy (non-hydrogen) atoms. The summed E-state index contributed by atoms with van der Waals surface area (Å²) in [6.07, 6.45) is 8.22. The van der Waals surface area contributed by atoms with Crippen LogP contribution in [0.2, 0.25) is 0 Å². The number of hydrogen-bond donors (Lipinski definition) is 2. The van der Waals surface area contributed by atoms with Gasteiger partial charge in [-0.3, -0.25) is 4.79 Å². The Morgan fingerprint density at radius 3 is 2.40 bits per heavy atom. The third kappa shape index (κ3) is 3.89. The Kier molecular flexibility index (Phi) is 5.46. The average Bonchev–Trinajstić information content (AvgIpc) is 2.68. The topological polar surface area (TPSA) is 49.3 Å². The van der Waals surface area contributed by atoms with Gasteiger partial charge in [0.1, 0.15) is 0 Å². The number of nitrogens with one attached hydrogen (secondary N) is 1. The summed E-state index contributed by atoms with van der Waals surface area (Å²) >= 11 is 0. The maximum Gasteiger partial charge on any atom is 0.251 e. The van der Waals surface area contributed by atoms with Crippen LogP contribution in [0.1, 0.15) is 35.2 Å². The molecule has 0 saturated carbocycles. The predicted molar refractivity (Wildman–Crippen MR) is 101 cm³/mol. The van der Waals surface area contributed by atoms with Gasteiger partial charge in [-0.1, -0.05) is 66.8 Å². The fourth-order valence-corrected chi connectivity index (χ4v) is 3.37. The first-order chi connectivity index (χ1) is 12.2. The van der Waals surface area contributed by atoms with Crippen molar-refractivity contribution in [3.63, 3.8) is 0 Å². The van der Waals surface area contributed by atoms with Gasteiger partial charge in [0.05, 0.1) is 5.54 Å². The molecule has 0 unspecified atom stereocenters. The van der Waals surface area contributed by atoms with E-state index in [9.17, 15) is 9.90 Å². The Morgan fingerprint density at radius 2 is 1.72 bits per heavy atom. The van der Waals surface area contributed by atoms with Crippen molar-refractivity contribution >= 4 is 11.5 Å². The first-order valence-electron chi connectivity index (χ1n) is 8.66. The van der Waals surface area contributed by atoms with Crippen LogP contribution in [0.15, 0.2) is 78.9 Å². The SMILES string of the molecule is O=C(N[C@]1(CCCO)CC=CC=C1c1ccccc1)c1ccccc1. The van der Waals surface area contributed by atoms with Gasteiger partial charge < -0.3 is 10.4 Å². The maximum absolute atomic E-state index is 12.8. The van der Waals surface area contributed by atoms with E-state index in [4.69, 9.17) is 0 Å². The summed E-state index contributed by atoms with van der Waals surface area (Å²) in [5.41, 5.74) is 2.32. The minimum atomic E-state index is -0.508. The zero-order chi connectivity index (χ0) is 17.5. The highest BCUT2D eigenvalue weighted by Gasteiger charge is 2.36. The summed E-state index contributed by atoms with van der Waals surface area (Å²) in [6.45, 7) is 0.106. The van der Waals surface area contributed by atoms with Crippen LogP contribution in [0.25, 0.3) is 5.57 Å². The lowest BCUT2D eigenvalue weighted by molar-refractivity contribution is 0.0913. The smallest absolute Gasteiger partial charge is 0.251 e. The van der Waals surface area contributed by atoms with E-state index >= 15 is 0 Å². The number of allylic oxidation sites excluding steroid dienone is 2. The summed E-state index contributed by atoms with van der Waals surface area (Å²) in [7, 11) is 0. The number of amides is 1. The van der Waals surface area contributed by atoms with E-state index in [1.54, 1.807) is 0 Å². The van der Waals surface area contributed by atoms with Crippen LogP contribution in [-0.4, -0.2) is 23.2 Å². The molecule has 1 atom stereocenters. The highest BCUT2D eigenvalue weighted by atomic mass is 16.3. The fourth-order valence-electron chi connectivity index (χ4n) is 3.37. The second-order valence-electron chi connectivity index (χ2n) is 6.31. The van der Waals surface area contributed by atoms with Crippen molar-refractivity contribution in [2.75, 3.05) is 6.61 Å². The Hall–Kier alpha value is -2.65. The number of carbonyl (C=O) groups excluding carboxylic acids is 1. The van der Waals surface area contributed by atoms with Gasteiger partial charge in [0, 0.05) is 12.2 Å². The van der Waals surface area contributed by atoms with Crippen molar-refractivity contribution in [2.45, 2.75) is 24.8 Å². The van der Waals surface area contributed by atoms with Crippen molar-refractivity contribution in [3.8, 4) is 0 Å². The molecule has 0 radical (unpaired) electrons. The molecule has 3 nitrogen and oxygen atoms in total. The Labute approximate surface area is 148 Å². The van der Waals surface area contributed by atoms with Crippen LogP contribution in [-0.2, 0) is 0 Å². The number of aliphatic hydroxyl groups excluding tert-OH is 1. The minimum Gasteiger partial charge on any atom is -0.396 e. The molecule has 0 fully saturated rings. The Bertz CT molecular complexity index is 765. The van der Waals surface area contributed by atoms with Crippen LogP contribution in [0.5, 0.6) is 0 Å². The Morgan fingerprint density at radius 1 is 1.04 bits per heavy atom. The minimum absolute atomic E-state index is 0.0873. The molecule has 1 amide bonds. The monoisotopic (exact) mass is 333 g/mol. The van der Waals surface area contributed by atoms with Crippen LogP contribution >= 0.6 is 0 Å². The molecule has 1 aliphatic rings. The summed E-state index contributed by atoms with van der Waals surface area (Å²) in [5, 5.41) is 12.6. The summed E-state index contributed by atoms with van der Waals surface area (Å²) < 4.78 is 0. The van der Waals surface area contributed by atoms with Gasteiger partial charge in [0.15, 0.2) is 0 Å². The highest BCUT2D eigenvalue weighted by Crippen LogP contribution is 2.37. The fraction of sp³-hybridized carbons (Fsp3) is 0.227. The molecule has 0 heterocycles. The molecule has 2 N–H and O–H groups in total. The van der Waals surface area contributed by atoms with E-state index in [2.05, 4.69) is 29.6 Å². The third-order valence-electron chi connectivity index (χ3n) is 4.62. The molecule has 128 valence electrons.